The van der Waals surface area contributed by atoms with Gasteiger partial charge in [0.05, 0.1) is 0 Å². The van der Waals surface area contributed by atoms with Gasteiger partial charge < -0.3 is 14.2 Å². The zero-order chi connectivity index (χ0) is 17.0. The molecular formula is C15H23NO6. The van der Waals surface area contributed by atoms with E-state index < -0.39 is 29.2 Å². The zero-order valence-electron chi connectivity index (χ0n) is 13.7. The number of ether oxygens (including phenoxy) is 3. The fraction of sp³-hybridized carbons (Fsp3) is 0.667. The molecule has 0 aromatic heterocycles. The van der Waals surface area contributed by atoms with E-state index in [1.165, 1.54) is 18.7 Å². The lowest BCUT2D eigenvalue weighted by atomic mass is 10.0. The Morgan fingerprint density at radius 2 is 1.59 bits per heavy atom. The molecule has 0 spiro atoms. The van der Waals surface area contributed by atoms with Gasteiger partial charge in [0.2, 0.25) is 0 Å². The highest BCUT2D eigenvalue weighted by atomic mass is 16.6. The molecule has 0 aromatic carbocycles. The van der Waals surface area contributed by atoms with Crippen LogP contribution in [0.1, 0.15) is 34.6 Å². The average Bonchev–Trinajstić information content (AvgIpc) is 2.76. The molecule has 0 saturated carbocycles. The van der Waals surface area contributed by atoms with E-state index in [2.05, 4.69) is 0 Å². The van der Waals surface area contributed by atoms with Gasteiger partial charge in [0, 0.05) is 20.4 Å². The molecule has 0 aliphatic carbocycles. The van der Waals surface area contributed by atoms with Gasteiger partial charge in [0.25, 0.3) is 0 Å². The molecule has 0 radical (unpaired) electrons. The number of esters is 2. The molecule has 0 unspecified atom stereocenters. The van der Waals surface area contributed by atoms with E-state index in [4.69, 9.17) is 14.2 Å². The molecule has 0 atom stereocenters. The molecule has 0 aromatic rings. The Labute approximate surface area is 130 Å². The van der Waals surface area contributed by atoms with Crippen LogP contribution in [0.25, 0.3) is 0 Å². The van der Waals surface area contributed by atoms with Crippen molar-refractivity contribution in [1.29, 1.82) is 0 Å². The molecule has 1 rings (SSSR count). The maximum absolute atomic E-state index is 12.3. The summed E-state index contributed by atoms with van der Waals surface area (Å²) in [6, 6.07) is 0. The van der Waals surface area contributed by atoms with Crippen LogP contribution in [0.4, 0.5) is 4.79 Å². The van der Waals surface area contributed by atoms with Crippen LogP contribution in [0.15, 0.2) is 12.2 Å². The van der Waals surface area contributed by atoms with E-state index in [0.29, 0.717) is 0 Å². The minimum Gasteiger partial charge on any atom is -0.463 e. The van der Waals surface area contributed by atoms with Crippen molar-refractivity contribution in [3.05, 3.63) is 12.2 Å². The van der Waals surface area contributed by atoms with E-state index in [9.17, 15) is 14.4 Å². The third-order valence-electron chi connectivity index (χ3n) is 2.92. The quantitative estimate of drug-likeness (QED) is 0.446. The maximum atomic E-state index is 12.3. The number of carbonyl (C=O) groups is 3. The number of amides is 1. The SMILES string of the molecule is CC(=O)OCC1(COC(C)=O)C=CCN1C(=O)OC(C)(C)C. The Bertz CT molecular complexity index is 459. The van der Waals surface area contributed by atoms with Crippen molar-refractivity contribution in [2.24, 2.45) is 0 Å². The second kappa shape index (κ2) is 6.81. The van der Waals surface area contributed by atoms with Crippen molar-refractivity contribution in [2.45, 2.75) is 45.8 Å². The monoisotopic (exact) mass is 313 g/mol. The topological polar surface area (TPSA) is 82.1 Å². The van der Waals surface area contributed by atoms with Gasteiger partial charge >= 0.3 is 18.0 Å². The van der Waals surface area contributed by atoms with Crippen LogP contribution < -0.4 is 0 Å². The van der Waals surface area contributed by atoms with Crippen LogP contribution in [0.2, 0.25) is 0 Å². The largest absolute Gasteiger partial charge is 0.463 e. The zero-order valence-corrected chi connectivity index (χ0v) is 13.7. The second-order valence-electron chi connectivity index (χ2n) is 6.16. The number of carbonyl (C=O) groups excluding carboxylic acids is 3. The normalized spacial score (nSPS) is 16.3. The van der Waals surface area contributed by atoms with Crippen LogP contribution >= 0.6 is 0 Å². The lowest BCUT2D eigenvalue weighted by Crippen LogP contribution is -2.55. The summed E-state index contributed by atoms with van der Waals surface area (Å²) in [6.07, 6.45) is 2.89. The van der Waals surface area contributed by atoms with Crippen LogP contribution in [0, 0.1) is 0 Å². The van der Waals surface area contributed by atoms with Gasteiger partial charge in [-0.25, -0.2) is 4.79 Å². The van der Waals surface area contributed by atoms with Crippen LogP contribution in [-0.2, 0) is 23.8 Å². The fourth-order valence-corrected chi connectivity index (χ4v) is 1.97. The van der Waals surface area contributed by atoms with Gasteiger partial charge in [-0.1, -0.05) is 12.2 Å². The molecule has 0 fully saturated rings. The van der Waals surface area contributed by atoms with Gasteiger partial charge in [-0.2, -0.15) is 0 Å². The lowest BCUT2D eigenvalue weighted by molar-refractivity contribution is -0.150. The van der Waals surface area contributed by atoms with Crippen molar-refractivity contribution in [3.63, 3.8) is 0 Å². The molecule has 0 N–H and O–H groups in total. The van der Waals surface area contributed by atoms with E-state index in [0.717, 1.165) is 0 Å². The van der Waals surface area contributed by atoms with Gasteiger partial charge in [0.1, 0.15) is 24.4 Å². The van der Waals surface area contributed by atoms with Gasteiger partial charge in [-0.3, -0.25) is 14.5 Å². The molecule has 0 saturated heterocycles. The Balaban J connectivity index is 2.94. The van der Waals surface area contributed by atoms with Gasteiger partial charge in [-0.15, -0.1) is 0 Å². The third kappa shape index (κ3) is 5.05. The summed E-state index contributed by atoms with van der Waals surface area (Å²) in [5.74, 6) is -0.960. The van der Waals surface area contributed by atoms with Gasteiger partial charge in [0.15, 0.2) is 0 Å². The minimum atomic E-state index is -1.04. The molecule has 1 heterocycles. The van der Waals surface area contributed by atoms with E-state index in [1.807, 2.05) is 0 Å². The Morgan fingerprint density at radius 1 is 1.09 bits per heavy atom. The molecule has 0 bridgehead atoms. The van der Waals surface area contributed by atoms with Crippen molar-refractivity contribution >= 4 is 18.0 Å². The summed E-state index contributed by atoms with van der Waals surface area (Å²) in [7, 11) is 0. The summed E-state index contributed by atoms with van der Waals surface area (Å²) in [4.78, 5) is 35.9. The number of hydrogen-bond acceptors (Lipinski definition) is 6. The smallest absolute Gasteiger partial charge is 0.411 e. The van der Waals surface area contributed by atoms with Crippen LogP contribution in [0.5, 0.6) is 0 Å². The van der Waals surface area contributed by atoms with Crippen LogP contribution in [0.3, 0.4) is 0 Å². The molecule has 7 nitrogen and oxygen atoms in total. The molecule has 7 heteroatoms. The molecule has 1 amide bonds. The highest BCUT2D eigenvalue weighted by Crippen LogP contribution is 2.27. The second-order valence-corrected chi connectivity index (χ2v) is 6.16. The Kier molecular flexibility index (Phi) is 5.57. The highest BCUT2D eigenvalue weighted by molar-refractivity contribution is 5.72. The number of hydrogen-bond donors (Lipinski definition) is 0. The van der Waals surface area contributed by atoms with Crippen molar-refractivity contribution in [3.8, 4) is 0 Å². The first-order valence-corrected chi connectivity index (χ1v) is 7.01. The predicted molar refractivity (Wildman–Crippen MR) is 78.1 cm³/mol. The average molecular weight is 313 g/mol. The lowest BCUT2D eigenvalue weighted by Gasteiger charge is -2.37. The van der Waals surface area contributed by atoms with Gasteiger partial charge in [-0.05, 0) is 20.8 Å². The van der Waals surface area contributed by atoms with E-state index >= 15 is 0 Å². The summed E-state index contributed by atoms with van der Waals surface area (Å²) < 4.78 is 15.4. The van der Waals surface area contributed by atoms with Crippen molar-refractivity contribution in [1.82, 2.24) is 4.90 Å². The fourth-order valence-electron chi connectivity index (χ4n) is 1.97. The number of nitrogens with zero attached hydrogens (tertiary/aromatic N) is 1. The van der Waals surface area contributed by atoms with E-state index in [1.54, 1.807) is 32.9 Å². The molecule has 1 aliphatic heterocycles. The maximum Gasteiger partial charge on any atom is 0.411 e. The first-order chi connectivity index (χ1) is 10.1. The molecule has 1 aliphatic rings. The third-order valence-corrected chi connectivity index (χ3v) is 2.92. The first-order valence-electron chi connectivity index (χ1n) is 7.01. The summed E-state index contributed by atoms with van der Waals surface area (Å²) in [6.45, 7) is 7.90. The Hall–Kier alpha value is -2.05. The first kappa shape index (κ1) is 18.0. The van der Waals surface area contributed by atoms with E-state index in [-0.39, 0.29) is 19.8 Å². The van der Waals surface area contributed by atoms with Crippen molar-refractivity contribution < 1.29 is 28.6 Å². The summed E-state index contributed by atoms with van der Waals surface area (Å²) in [5, 5.41) is 0. The minimum absolute atomic E-state index is 0.106. The summed E-state index contributed by atoms with van der Waals surface area (Å²) in [5.41, 5.74) is -1.70. The number of rotatable bonds is 4. The highest BCUT2D eigenvalue weighted by Gasteiger charge is 2.44. The van der Waals surface area contributed by atoms with Crippen LogP contribution in [-0.4, -0.2) is 53.8 Å². The molecule has 22 heavy (non-hydrogen) atoms. The molecule has 124 valence electrons. The Morgan fingerprint density at radius 3 is 2.00 bits per heavy atom. The van der Waals surface area contributed by atoms with Crippen molar-refractivity contribution in [2.75, 3.05) is 19.8 Å². The molecular weight excluding hydrogens is 290 g/mol. The standard InChI is InChI=1S/C15H23NO6/c1-11(17)20-9-15(10-21-12(2)18)7-6-8-16(15)13(19)22-14(3,4)5/h6-7H,8-10H2,1-5H3. The predicted octanol–water partition coefficient (Wildman–Crippen LogP) is 1.66. The summed E-state index contributed by atoms with van der Waals surface area (Å²) >= 11 is 0.